The Labute approximate surface area is 89.3 Å². The topological polar surface area (TPSA) is 55.8 Å². The Bertz CT molecular complexity index is 282. The van der Waals surface area contributed by atoms with Crippen molar-refractivity contribution in [2.24, 2.45) is 0 Å². The fourth-order valence-electron chi connectivity index (χ4n) is 1.37. The third-order valence-electron chi connectivity index (χ3n) is 2.04. The van der Waals surface area contributed by atoms with Crippen LogP contribution in [0.15, 0.2) is 0 Å². The van der Waals surface area contributed by atoms with Crippen molar-refractivity contribution < 1.29 is 19.1 Å². The minimum Gasteiger partial charge on any atom is -0.444 e. The molecule has 1 aliphatic heterocycles. The van der Waals surface area contributed by atoms with Gasteiger partial charge in [0.2, 0.25) is 0 Å². The van der Waals surface area contributed by atoms with E-state index in [-0.39, 0.29) is 0 Å². The summed E-state index contributed by atoms with van der Waals surface area (Å²) in [5, 5.41) is 0. The van der Waals surface area contributed by atoms with Crippen molar-refractivity contribution in [3.63, 3.8) is 0 Å². The number of esters is 1. The molecule has 1 fully saturated rings. The minimum atomic E-state index is -0.574. The molecule has 0 aromatic heterocycles. The van der Waals surface area contributed by atoms with Crippen LogP contribution >= 0.6 is 0 Å². The van der Waals surface area contributed by atoms with Gasteiger partial charge in [0.1, 0.15) is 11.6 Å². The Morgan fingerprint density at radius 2 is 1.93 bits per heavy atom. The fraction of sp³-hybridized carbons (Fsp3) is 0.800. The molecule has 2 atom stereocenters. The van der Waals surface area contributed by atoms with Gasteiger partial charge in [-0.15, -0.1) is 0 Å². The zero-order chi connectivity index (χ0) is 11.8. The number of hydrogen-bond acceptors (Lipinski definition) is 4. The third kappa shape index (κ3) is 2.61. The van der Waals surface area contributed by atoms with Crippen LogP contribution in [0.25, 0.3) is 0 Å². The molecule has 0 radical (unpaired) electrons. The molecule has 0 aromatic rings. The third-order valence-corrected chi connectivity index (χ3v) is 2.04. The number of hydrogen-bond donors (Lipinski definition) is 0. The molecule has 1 amide bonds. The van der Waals surface area contributed by atoms with E-state index >= 15 is 0 Å². The van der Waals surface area contributed by atoms with E-state index in [1.165, 1.54) is 4.90 Å². The number of cyclic esters (lactones) is 1. The summed E-state index contributed by atoms with van der Waals surface area (Å²) in [5.41, 5.74) is -0.567. The lowest BCUT2D eigenvalue weighted by Crippen LogP contribution is -2.43. The highest BCUT2D eigenvalue weighted by molar-refractivity contribution is 5.84. The molecule has 5 heteroatoms. The highest BCUT2D eigenvalue weighted by atomic mass is 16.6. The molecule has 0 aromatic carbocycles. The van der Waals surface area contributed by atoms with Gasteiger partial charge in [0.05, 0.1) is 0 Å². The van der Waals surface area contributed by atoms with Gasteiger partial charge in [-0.3, -0.25) is 4.90 Å². The van der Waals surface area contributed by atoms with Crippen molar-refractivity contribution in [1.82, 2.24) is 4.90 Å². The van der Waals surface area contributed by atoms with E-state index in [0.29, 0.717) is 0 Å². The molecule has 1 saturated heterocycles. The van der Waals surface area contributed by atoms with Crippen molar-refractivity contribution >= 4 is 12.1 Å². The van der Waals surface area contributed by atoms with Crippen molar-refractivity contribution in [3.05, 3.63) is 0 Å². The molecular weight excluding hydrogens is 198 g/mol. The Hall–Kier alpha value is -1.26. The van der Waals surface area contributed by atoms with Crippen LogP contribution in [-0.4, -0.2) is 34.8 Å². The molecule has 1 aliphatic rings. The Kier molecular flexibility index (Phi) is 2.93. The lowest BCUT2D eigenvalue weighted by atomic mass is 10.2. The van der Waals surface area contributed by atoms with Gasteiger partial charge in [-0.1, -0.05) is 0 Å². The summed E-state index contributed by atoms with van der Waals surface area (Å²) >= 11 is 0. The zero-order valence-electron chi connectivity index (χ0n) is 9.73. The van der Waals surface area contributed by atoms with Gasteiger partial charge in [0.25, 0.3) is 0 Å². The Morgan fingerprint density at radius 1 is 1.40 bits per heavy atom. The molecule has 15 heavy (non-hydrogen) atoms. The van der Waals surface area contributed by atoms with Gasteiger partial charge in [-0.2, -0.15) is 0 Å². The summed E-state index contributed by atoms with van der Waals surface area (Å²) in [6, 6.07) is -0.574. The molecule has 0 spiro atoms. The summed E-state index contributed by atoms with van der Waals surface area (Å²) in [6.07, 6.45) is -1.07. The molecule has 2 unspecified atom stereocenters. The van der Waals surface area contributed by atoms with Gasteiger partial charge < -0.3 is 9.47 Å². The molecule has 5 nitrogen and oxygen atoms in total. The lowest BCUT2D eigenvalue weighted by molar-refractivity contribution is -0.141. The molecular formula is C10H17NO4. The molecule has 1 rings (SSSR count). The van der Waals surface area contributed by atoms with Crippen LogP contribution in [0.5, 0.6) is 0 Å². The molecule has 86 valence electrons. The van der Waals surface area contributed by atoms with E-state index in [1.807, 2.05) is 0 Å². The van der Waals surface area contributed by atoms with E-state index < -0.39 is 29.9 Å². The molecule has 1 heterocycles. The van der Waals surface area contributed by atoms with Crippen LogP contribution in [0.4, 0.5) is 4.79 Å². The largest absolute Gasteiger partial charge is 0.444 e. The number of nitrogens with zero attached hydrogens (tertiary/aromatic N) is 1. The van der Waals surface area contributed by atoms with E-state index in [9.17, 15) is 9.59 Å². The maximum absolute atomic E-state index is 11.7. The molecule has 0 aliphatic carbocycles. The Morgan fingerprint density at radius 3 is 2.27 bits per heavy atom. The first-order valence-corrected chi connectivity index (χ1v) is 4.94. The number of carbonyl (C=O) groups is 2. The molecule has 0 bridgehead atoms. The van der Waals surface area contributed by atoms with Gasteiger partial charge in [0, 0.05) is 0 Å². The second kappa shape index (κ2) is 3.72. The summed E-state index contributed by atoms with van der Waals surface area (Å²) in [5.74, 6) is -0.395. The second-order valence-corrected chi connectivity index (χ2v) is 4.60. The smallest absolute Gasteiger partial charge is 0.413 e. The normalized spacial score (nSPS) is 26.5. The summed E-state index contributed by atoms with van der Waals surface area (Å²) in [4.78, 5) is 24.2. The van der Waals surface area contributed by atoms with Gasteiger partial charge in [0.15, 0.2) is 6.23 Å². The molecule has 0 N–H and O–H groups in total. The SMILES string of the molecule is CC1OC(=O)C(C)N1C(=O)OC(C)(C)C. The summed E-state index contributed by atoms with van der Waals surface area (Å²) in [6.45, 7) is 8.60. The van der Waals surface area contributed by atoms with Crippen LogP contribution in [0, 0.1) is 0 Å². The summed E-state index contributed by atoms with van der Waals surface area (Å²) < 4.78 is 10.1. The average molecular weight is 215 g/mol. The van der Waals surface area contributed by atoms with Crippen molar-refractivity contribution in [2.75, 3.05) is 0 Å². The van der Waals surface area contributed by atoms with Crippen molar-refractivity contribution in [1.29, 1.82) is 0 Å². The maximum Gasteiger partial charge on any atom is 0.413 e. The Balaban J connectivity index is 2.72. The maximum atomic E-state index is 11.7. The highest BCUT2D eigenvalue weighted by Gasteiger charge is 2.41. The van der Waals surface area contributed by atoms with E-state index in [4.69, 9.17) is 9.47 Å². The van der Waals surface area contributed by atoms with Crippen LogP contribution in [0.3, 0.4) is 0 Å². The summed E-state index contributed by atoms with van der Waals surface area (Å²) in [7, 11) is 0. The number of rotatable bonds is 0. The predicted molar refractivity (Wildman–Crippen MR) is 53.1 cm³/mol. The average Bonchev–Trinajstić information content (AvgIpc) is 2.22. The number of carbonyl (C=O) groups excluding carboxylic acids is 2. The second-order valence-electron chi connectivity index (χ2n) is 4.60. The monoisotopic (exact) mass is 215 g/mol. The van der Waals surface area contributed by atoms with Crippen molar-refractivity contribution in [2.45, 2.75) is 52.5 Å². The minimum absolute atomic E-state index is 0.395. The van der Waals surface area contributed by atoms with E-state index in [1.54, 1.807) is 34.6 Å². The van der Waals surface area contributed by atoms with Gasteiger partial charge in [-0.25, -0.2) is 9.59 Å². The molecule has 0 saturated carbocycles. The lowest BCUT2D eigenvalue weighted by Gasteiger charge is -2.26. The van der Waals surface area contributed by atoms with Crippen LogP contribution in [-0.2, 0) is 14.3 Å². The zero-order valence-corrected chi connectivity index (χ0v) is 9.73. The standard InChI is InChI=1S/C10H17NO4/c1-6-8(12)14-7(2)11(6)9(13)15-10(3,4)5/h6-7H,1-5H3. The fourth-order valence-corrected chi connectivity index (χ4v) is 1.37. The van der Waals surface area contributed by atoms with Crippen LogP contribution < -0.4 is 0 Å². The van der Waals surface area contributed by atoms with Gasteiger partial charge in [-0.05, 0) is 34.6 Å². The number of ether oxygens (including phenoxy) is 2. The first-order valence-electron chi connectivity index (χ1n) is 4.94. The quantitative estimate of drug-likeness (QED) is 0.575. The van der Waals surface area contributed by atoms with E-state index in [2.05, 4.69) is 0 Å². The van der Waals surface area contributed by atoms with Crippen LogP contribution in [0.1, 0.15) is 34.6 Å². The van der Waals surface area contributed by atoms with E-state index in [0.717, 1.165) is 0 Å². The van der Waals surface area contributed by atoms with Crippen molar-refractivity contribution in [3.8, 4) is 0 Å². The highest BCUT2D eigenvalue weighted by Crippen LogP contribution is 2.21. The van der Waals surface area contributed by atoms with Crippen LogP contribution in [0.2, 0.25) is 0 Å². The first-order chi connectivity index (χ1) is 6.72. The van der Waals surface area contributed by atoms with Gasteiger partial charge >= 0.3 is 12.1 Å². The first kappa shape index (κ1) is 11.8. The number of amides is 1. The predicted octanol–water partition coefficient (Wildman–Crippen LogP) is 1.51.